The van der Waals surface area contributed by atoms with Crippen molar-refractivity contribution >= 4 is 26.7 Å². The molecule has 1 aromatic heterocycles. The molecule has 0 bridgehead atoms. The molecule has 2 aromatic carbocycles. The highest BCUT2D eigenvalue weighted by Gasteiger charge is 2.38. The fraction of sp³-hybridized carbons (Fsp3) is 0.188. The summed E-state index contributed by atoms with van der Waals surface area (Å²) in [5.74, 6) is 0.646. The quantitative estimate of drug-likeness (QED) is 0.766. The van der Waals surface area contributed by atoms with Crippen molar-refractivity contribution in [2.45, 2.75) is 18.4 Å². The molecule has 2 nitrogen and oxygen atoms in total. The summed E-state index contributed by atoms with van der Waals surface area (Å²) in [5, 5.41) is 4.61. The Morgan fingerprint density at radius 1 is 1.00 bits per heavy atom. The van der Waals surface area contributed by atoms with Gasteiger partial charge in [-0.3, -0.25) is 0 Å². The van der Waals surface area contributed by atoms with Gasteiger partial charge >= 0.3 is 0 Å². The Labute approximate surface area is 116 Å². The summed E-state index contributed by atoms with van der Waals surface area (Å²) in [6.07, 6.45) is 1.21. The Bertz CT molecular complexity index is 672. The summed E-state index contributed by atoms with van der Waals surface area (Å²) >= 11 is 1.74. The minimum absolute atomic E-state index is 0.544. The molecule has 0 aliphatic heterocycles. The number of fused-ring (bicyclic) bond motifs is 1. The summed E-state index contributed by atoms with van der Waals surface area (Å²) in [6, 6.07) is 19.6. The summed E-state index contributed by atoms with van der Waals surface area (Å²) in [6.45, 7) is 0. The van der Waals surface area contributed by atoms with Crippen molar-refractivity contribution < 1.29 is 0 Å². The molecule has 3 heteroatoms. The summed E-state index contributed by atoms with van der Waals surface area (Å²) in [4.78, 5) is 4.63. The van der Waals surface area contributed by atoms with Crippen LogP contribution in [-0.2, 0) is 0 Å². The van der Waals surface area contributed by atoms with Crippen LogP contribution < -0.4 is 5.32 Å². The van der Waals surface area contributed by atoms with Crippen molar-refractivity contribution in [3.63, 3.8) is 0 Å². The molecular weight excluding hydrogens is 252 g/mol. The average Bonchev–Trinajstić information content (AvgIpc) is 3.09. The van der Waals surface area contributed by atoms with Crippen LogP contribution in [0, 0.1) is 0 Å². The monoisotopic (exact) mass is 266 g/mol. The van der Waals surface area contributed by atoms with E-state index < -0.39 is 0 Å². The fourth-order valence-corrected chi connectivity index (χ4v) is 3.44. The number of hydrogen-bond acceptors (Lipinski definition) is 3. The lowest BCUT2D eigenvalue weighted by Gasteiger charge is -2.01. The summed E-state index contributed by atoms with van der Waals surface area (Å²) in [7, 11) is 0. The van der Waals surface area contributed by atoms with Crippen LogP contribution in [0.1, 0.15) is 17.9 Å². The molecule has 0 spiro atoms. The lowest BCUT2D eigenvalue weighted by molar-refractivity contribution is 1.04. The Morgan fingerprint density at radius 2 is 1.79 bits per heavy atom. The zero-order valence-corrected chi connectivity index (χ0v) is 11.2. The Morgan fingerprint density at radius 3 is 2.63 bits per heavy atom. The van der Waals surface area contributed by atoms with E-state index in [1.807, 2.05) is 6.07 Å². The van der Waals surface area contributed by atoms with Gasteiger partial charge in [-0.25, -0.2) is 4.98 Å². The van der Waals surface area contributed by atoms with Crippen LogP contribution in [0.2, 0.25) is 0 Å². The number of benzene rings is 2. The van der Waals surface area contributed by atoms with Gasteiger partial charge < -0.3 is 5.32 Å². The molecule has 0 saturated heterocycles. The van der Waals surface area contributed by atoms with Gasteiger partial charge in [0.25, 0.3) is 0 Å². The number of rotatable bonds is 3. The molecule has 1 saturated carbocycles. The Kier molecular flexibility index (Phi) is 2.52. The third-order valence-electron chi connectivity index (χ3n) is 3.62. The number of aromatic nitrogens is 1. The van der Waals surface area contributed by atoms with E-state index in [2.05, 4.69) is 58.8 Å². The number of thiazole rings is 1. The van der Waals surface area contributed by atoms with Gasteiger partial charge in [0.15, 0.2) is 5.13 Å². The van der Waals surface area contributed by atoms with Crippen molar-refractivity contribution in [1.82, 2.24) is 4.98 Å². The van der Waals surface area contributed by atoms with Crippen LogP contribution in [0.3, 0.4) is 0 Å². The minimum atomic E-state index is 0.544. The third-order valence-corrected chi connectivity index (χ3v) is 4.59. The molecule has 19 heavy (non-hydrogen) atoms. The van der Waals surface area contributed by atoms with Crippen molar-refractivity contribution in [3.05, 3.63) is 60.2 Å². The zero-order valence-electron chi connectivity index (χ0n) is 10.4. The Hall–Kier alpha value is -1.87. The van der Waals surface area contributed by atoms with E-state index in [1.165, 1.54) is 16.7 Å². The zero-order chi connectivity index (χ0) is 12.7. The largest absolute Gasteiger partial charge is 0.358 e. The van der Waals surface area contributed by atoms with E-state index in [0.717, 1.165) is 10.6 Å². The van der Waals surface area contributed by atoms with Gasteiger partial charge in [-0.05, 0) is 24.1 Å². The maximum atomic E-state index is 4.63. The van der Waals surface area contributed by atoms with E-state index in [0.29, 0.717) is 12.0 Å². The van der Waals surface area contributed by atoms with Gasteiger partial charge in [0, 0.05) is 12.0 Å². The van der Waals surface area contributed by atoms with E-state index in [1.54, 1.807) is 11.3 Å². The highest BCUT2D eigenvalue weighted by Crippen LogP contribution is 2.43. The van der Waals surface area contributed by atoms with Crippen LogP contribution >= 0.6 is 11.3 Å². The highest BCUT2D eigenvalue weighted by atomic mass is 32.1. The lowest BCUT2D eigenvalue weighted by Crippen LogP contribution is -2.03. The van der Waals surface area contributed by atoms with Gasteiger partial charge in [0.2, 0.25) is 0 Å². The maximum Gasteiger partial charge on any atom is 0.184 e. The molecule has 2 atom stereocenters. The second-order valence-electron chi connectivity index (χ2n) is 4.99. The van der Waals surface area contributed by atoms with Crippen LogP contribution in [0.5, 0.6) is 0 Å². The number of nitrogens with zero attached hydrogens (tertiary/aromatic N) is 1. The molecule has 1 heterocycles. The molecule has 1 N–H and O–H groups in total. The topological polar surface area (TPSA) is 24.9 Å². The Balaban J connectivity index is 1.51. The van der Waals surface area contributed by atoms with Gasteiger partial charge in [-0.1, -0.05) is 53.8 Å². The van der Waals surface area contributed by atoms with E-state index in [4.69, 9.17) is 0 Å². The number of anilines is 1. The predicted octanol–water partition coefficient (Wildman–Crippen LogP) is 4.26. The molecule has 2 unspecified atom stereocenters. The number of para-hydroxylation sites is 1. The first-order chi connectivity index (χ1) is 9.40. The molecule has 94 valence electrons. The summed E-state index contributed by atoms with van der Waals surface area (Å²) < 4.78 is 1.25. The smallest absolute Gasteiger partial charge is 0.184 e. The third kappa shape index (κ3) is 2.10. The van der Waals surface area contributed by atoms with Crippen molar-refractivity contribution in [1.29, 1.82) is 0 Å². The van der Waals surface area contributed by atoms with Crippen LogP contribution in [0.15, 0.2) is 54.6 Å². The van der Waals surface area contributed by atoms with Crippen LogP contribution in [-0.4, -0.2) is 11.0 Å². The van der Waals surface area contributed by atoms with Gasteiger partial charge in [0.1, 0.15) is 0 Å². The fourth-order valence-electron chi connectivity index (χ4n) is 2.52. The van der Waals surface area contributed by atoms with Crippen molar-refractivity contribution in [2.24, 2.45) is 0 Å². The molecule has 3 aromatic rings. The van der Waals surface area contributed by atoms with Gasteiger partial charge in [-0.2, -0.15) is 0 Å². The molecular formula is C16H14N2S. The standard InChI is InChI=1S/C16H14N2S/c1-2-6-11(7-3-1)12-10-14(12)18-16-17-13-8-4-5-9-15(13)19-16/h1-9,12,14H,10H2,(H,17,18). The molecule has 1 aliphatic rings. The highest BCUT2D eigenvalue weighted by molar-refractivity contribution is 7.22. The number of nitrogens with one attached hydrogen (secondary N) is 1. The van der Waals surface area contributed by atoms with E-state index in [9.17, 15) is 0 Å². The van der Waals surface area contributed by atoms with Crippen molar-refractivity contribution in [3.8, 4) is 0 Å². The first-order valence-corrected chi connectivity index (χ1v) is 7.39. The first-order valence-electron chi connectivity index (χ1n) is 6.57. The second-order valence-corrected chi connectivity index (χ2v) is 6.02. The molecule has 1 fully saturated rings. The predicted molar refractivity (Wildman–Crippen MR) is 80.8 cm³/mol. The normalized spacial score (nSPS) is 21.5. The first kappa shape index (κ1) is 11.0. The minimum Gasteiger partial charge on any atom is -0.358 e. The maximum absolute atomic E-state index is 4.63. The van der Waals surface area contributed by atoms with E-state index >= 15 is 0 Å². The molecule has 4 rings (SSSR count). The van der Waals surface area contributed by atoms with Gasteiger partial charge in [-0.15, -0.1) is 0 Å². The average molecular weight is 266 g/mol. The second kappa shape index (κ2) is 4.35. The van der Waals surface area contributed by atoms with Crippen LogP contribution in [0.4, 0.5) is 5.13 Å². The molecule has 0 radical (unpaired) electrons. The van der Waals surface area contributed by atoms with E-state index in [-0.39, 0.29) is 0 Å². The molecule has 0 amide bonds. The molecule has 1 aliphatic carbocycles. The lowest BCUT2D eigenvalue weighted by atomic mass is 10.1. The van der Waals surface area contributed by atoms with Crippen LogP contribution in [0.25, 0.3) is 10.2 Å². The summed E-state index contributed by atoms with van der Waals surface area (Å²) in [5.41, 5.74) is 2.52. The van der Waals surface area contributed by atoms with Gasteiger partial charge in [0.05, 0.1) is 10.2 Å². The van der Waals surface area contributed by atoms with Crippen molar-refractivity contribution in [2.75, 3.05) is 5.32 Å². The SMILES string of the molecule is c1ccc(C2CC2Nc2nc3ccccc3s2)cc1. The number of hydrogen-bond donors (Lipinski definition) is 1.